The van der Waals surface area contributed by atoms with Crippen LogP contribution >= 0.6 is 0 Å². The van der Waals surface area contributed by atoms with Crippen LogP contribution in [0.5, 0.6) is 0 Å². The predicted molar refractivity (Wildman–Crippen MR) is 78.5 cm³/mol. The molecule has 1 saturated carbocycles. The van der Waals surface area contributed by atoms with Crippen LogP contribution in [0.4, 0.5) is 0 Å². The van der Waals surface area contributed by atoms with Crippen molar-refractivity contribution in [2.75, 3.05) is 14.2 Å². The molecule has 0 bridgehead atoms. The van der Waals surface area contributed by atoms with Gasteiger partial charge in [-0.3, -0.25) is 9.59 Å². The predicted octanol–water partition coefficient (Wildman–Crippen LogP) is 2.67. The van der Waals surface area contributed by atoms with E-state index in [0.29, 0.717) is 6.42 Å². The number of unbranched alkanes of at least 4 members (excludes halogenated alkanes) is 1. The van der Waals surface area contributed by atoms with E-state index in [2.05, 4.69) is 12.1 Å². The van der Waals surface area contributed by atoms with E-state index in [1.54, 1.807) is 0 Å². The highest BCUT2D eigenvalue weighted by atomic mass is 16.5. The van der Waals surface area contributed by atoms with Crippen LogP contribution < -0.4 is 0 Å². The highest BCUT2D eigenvalue weighted by Crippen LogP contribution is 2.54. The molecular formula is C17H20O4. The van der Waals surface area contributed by atoms with E-state index in [-0.39, 0.29) is 0 Å². The standard InChI is InChI=1S/C17H20O4/c1-20-15(18)17(16(19)21-2)12-14(17)11-7-6-10-13-8-4-3-5-9-13/h3-5,8-9,11H,6-7,10,12H2,1-2H3/b14-11+. The number of rotatable bonds is 6. The minimum Gasteiger partial charge on any atom is -0.468 e. The van der Waals surface area contributed by atoms with E-state index in [1.165, 1.54) is 19.8 Å². The van der Waals surface area contributed by atoms with Crippen LogP contribution in [-0.2, 0) is 25.5 Å². The first kappa shape index (κ1) is 15.3. The third-order valence-corrected chi connectivity index (χ3v) is 3.85. The smallest absolute Gasteiger partial charge is 0.327 e. The first-order valence-electron chi connectivity index (χ1n) is 7.05. The quantitative estimate of drug-likeness (QED) is 0.349. The molecule has 1 aliphatic carbocycles. The van der Waals surface area contributed by atoms with Crippen LogP contribution in [0.3, 0.4) is 0 Å². The van der Waals surface area contributed by atoms with Crippen LogP contribution in [-0.4, -0.2) is 26.2 Å². The number of esters is 2. The Bertz CT molecular complexity index is 529. The highest BCUT2D eigenvalue weighted by molar-refractivity contribution is 6.08. The van der Waals surface area contributed by atoms with Gasteiger partial charge in [-0.2, -0.15) is 0 Å². The van der Waals surface area contributed by atoms with Gasteiger partial charge in [0, 0.05) is 6.42 Å². The molecule has 1 fully saturated rings. The minimum absolute atomic E-state index is 0.414. The van der Waals surface area contributed by atoms with Gasteiger partial charge >= 0.3 is 11.9 Å². The average Bonchev–Trinajstić information content (AvgIpc) is 3.26. The summed E-state index contributed by atoms with van der Waals surface area (Å²) in [7, 11) is 2.58. The fourth-order valence-corrected chi connectivity index (χ4v) is 2.55. The largest absolute Gasteiger partial charge is 0.468 e. The number of hydrogen-bond acceptors (Lipinski definition) is 4. The number of carbonyl (C=O) groups is 2. The maximum absolute atomic E-state index is 11.8. The number of hydrogen-bond donors (Lipinski definition) is 0. The summed E-state index contributed by atoms with van der Waals surface area (Å²) in [4.78, 5) is 23.6. The summed E-state index contributed by atoms with van der Waals surface area (Å²) in [5.74, 6) is -1.05. The molecule has 0 saturated heterocycles. The van der Waals surface area contributed by atoms with Crippen molar-refractivity contribution in [1.82, 2.24) is 0 Å². The molecule has 4 heteroatoms. The molecule has 0 N–H and O–H groups in total. The van der Waals surface area contributed by atoms with Crippen LogP contribution in [0, 0.1) is 5.41 Å². The Balaban J connectivity index is 1.91. The molecule has 0 spiro atoms. The molecule has 1 aromatic rings. The van der Waals surface area contributed by atoms with Gasteiger partial charge in [0.25, 0.3) is 0 Å². The summed E-state index contributed by atoms with van der Waals surface area (Å²) >= 11 is 0. The number of benzene rings is 1. The number of aryl methyl sites for hydroxylation is 1. The Morgan fingerprint density at radius 1 is 1.14 bits per heavy atom. The lowest BCUT2D eigenvalue weighted by atomic mass is 10.0. The fourth-order valence-electron chi connectivity index (χ4n) is 2.55. The van der Waals surface area contributed by atoms with Gasteiger partial charge in [0.1, 0.15) is 0 Å². The minimum atomic E-state index is -1.17. The van der Waals surface area contributed by atoms with E-state index in [0.717, 1.165) is 24.8 Å². The summed E-state index contributed by atoms with van der Waals surface area (Å²) < 4.78 is 9.45. The third-order valence-electron chi connectivity index (χ3n) is 3.85. The lowest BCUT2D eigenvalue weighted by Crippen LogP contribution is -2.28. The molecule has 21 heavy (non-hydrogen) atoms. The van der Waals surface area contributed by atoms with Crippen LogP contribution in [0.1, 0.15) is 24.8 Å². The molecular weight excluding hydrogens is 268 g/mol. The SMILES string of the molecule is COC(=O)C1(C(=O)OC)C/C1=C\CCCc1ccccc1. The molecule has 0 radical (unpaired) electrons. The number of ether oxygens (including phenoxy) is 2. The summed E-state index contributed by atoms with van der Waals surface area (Å²) in [5, 5.41) is 0. The molecule has 2 rings (SSSR count). The molecule has 0 heterocycles. The summed E-state index contributed by atoms with van der Waals surface area (Å²) in [6.45, 7) is 0. The van der Waals surface area contributed by atoms with E-state index >= 15 is 0 Å². The Morgan fingerprint density at radius 3 is 2.33 bits per heavy atom. The van der Waals surface area contributed by atoms with Crippen molar-refractivity contribution >= 4 is 11.9 Å². The van der Waals surface area contributed by atoms with Crippen LogP contribution in [0.15, 0.2) is 42.0 Å². The van der Waals surface area contributed by atoms with Gasteiger partial charge in [0.15, 0.2) is 5.41 Å². The zero-order valence-corrected chi connectivity index (χ0v) is 12.4. The topological polar surface area (TPSA) is 52.6 Å². The average molecular weight is 288 g/mol. The number of carbonyl (C=O) groups excluding carboxylic acids is 2. The van der Waals surface area contributed by atoms with Gasteiger partial charge in [-0.1, -0.05) is 36.4 Å². The van der Waals surface area contributed by atoms with E-state index in [4.69, 9.17) is 9.47 Å². The van der Waals surface area contributed by atoms with Crippen LogP contribution in [0.25, 0.3) is 0 Å². The van der Waals surface area contributed by atoms with Gasteiger partial charge in [0.05, 0.1) is 14.2 Å². The van der Waals surface area contributed by atoms with Crippen molar-refractivity contribution in [2.24, 2.45) is 5.41 Å². The zero-order valence-electron chi connectivity index (χ0n) is 12.4. The molecule has 112 valence electrons. The maximum atomic E-state index is 11.8. The van der Waals surface area contributed by atoms with E-state index in [9.17, 15) is 9.59 Å². The second-order valence-electron chi connectivity index (χ2n) is 5.17. The molecule has 1 aromatic carbocycles. The van der Waals surface area contributed by atoms with Gasteiger partial charge < -0.3 is 9.47 Å². The fraction of sp³-hybridized carbons (Fsp3) is 0.412. The van der Waals surface area contributed by atoms with Crippen molar-refractivity contribution in [3.05, 3.63) is 47.5 Å². The number of allylic oxidation sites excluding steroid dienone is 1. The normalized spacial score (nSPS) is 17.3. The van der Waals surface area contributed by atoms with Crippen molar-refractivity contribution in [3.8, 4) is 0 Å². The maximum Gasteiger partial charge on any atom is 0.327 e. The van der Waals surface area contributed by atoms with Crippen LogP contribution in [0.2, 0.25) is 0 Å². The Labute approximate surface area is 124 Å². The Hall–Kier alpha value is -2.10. The van der Waals surface area contributed by atoms with Crippen molar-refractivity contribution < 1.29 is 19.1 Å². The molecule has 0 atom stereocenters. The Morgan fingerprint density at radius 2 is 1.76 bits per heavy atom. The van der Waals surface area contributed by atoms with Gasteiger partial charge in [-0.05, 0) is 30.4 Å². The molecule has 4 nitrogen and oxygen atoms in total. The second-order valence-corrected chi connectivity index (χ2v) is 5.17. The van der Waals surface area contributed by atoms with Crippen molar-refractivity contribution in [1.29, 1.82) is 0 Å². The molecule has 1 aliphatic rings. The highest BCUT2D eigenvalue weighted by Gasteiger charge is 2.63. The summed E-state index contributed by atoms with van der Waals surface area (Å²) in [5.41, 5.74) is 0.934. The molecule has 0 aliphatic heterocycles. The lowest BCUT2D eigenvalue weighted by Gasteiger charge is -2.09. The van der Waals surface area contributed by atoms with Gasteiger partial charge in [0.2, 0.25) is 0 Å². The summed E-state index contributed by atoms with van der Waals surface area (Å²) in [6.07, 6.45) is 5.18. The monoisotopic (exact) mass is 288 g/mol. The van der Waals surface area contributed by atoms with Crippen molar-refractivity contribution in [2.45, 2.75) is 25.7 Å². The molecule has 0 aromatic heterocycles. The third kappa shape index (κ3) is 3.15. The first-order chi connectivity index (χ1) is 10.1. The van der Waals surface area contributed by atoms with Gasteiger partial charge in [-0.15, -0.1) is 0 Å². The number of methoxy groups -OCH3 is 2. The van der Waals surface area contributed by atoms with Crippen molar-refractivity contribution in [3.63, 3.8) is 0 Å². The molecule has 0 unspecified atom stereocenters. The first-order valence-corrected chi connectivity index (χ1v) is 7.05. The zero-order chi connectivity index (χ0) is 15.3. The van der Waals surface area contributed by atoms with E-state index in [1.807, 2.05) is 24.3 Å². The summed E-state index contributed by atoms with van der Waals surface area (Å²) in [6, 6.07) is 10.2. The van der Waals surface area contributed by atoms with Gasteiger partial charge in [-0.25, -0.2) is 0 Å². The lowest BCUT2D eigenvalue weighted by molar-refractivity contribution is -0.160. The van der Waals surface area contributed by atoms with E-state index < -0.39 is 17.4 Å². The second kappa shape index (κ2) is 6.57. The Kier molecular flexibility index (Phi) is 4.78. The molecule has 0 amide bonds.